The highest BCUT2D eigenvalue weighted by Crippen LogP contribution is 2.21. The molecule has 0 radical (unpaired) electrons. The maximum absolute atomic E-state index is 13.4. The summed E-state index contributed by atoms with van der Waals surface area (Å²) in [5.74, 6) is -0.252. The second kappa shape index (κ2) is 4.66. The van der Waals surface area contributed by atoms with Crippen molar-refractivity contribution in [2.45, 2.75) is 0 Å². The van der Waals surface area contributed by atoms with Crippen LogP contribution < -0.4 is 10.6 Å². The zero-order valence-electron chi connectivity index (χ0n) is 9.00. The Morgan fingerprint density at radius 2 is 1.69 bits per heavy atom. The van der Waals surface area contributed by atoms with Gasteiger partial charge in [0.25, 0.3) is 0 Å². The van der Waals surface area contributed by atoms with Gasteiger partial charge in [0.05, 0.1) is 5.69 Å². The average molecular weight is 216 g/mol. The van der Waals surface area contributed by atoms with Gasteiger partial charge in [0.15, 0.2) is 0 Å². The van der Waals surface area contributed by atoms with Crippen molar-refractivity contribution in [2.75, 3.05) is 17.7 Å². The fourth-order valence-electron chi connectivity index (χ4n) is 1.47. The Hall–Kier alpha value is -2.03. The third kappa shape index (κ3) is 2.31. The lowest BCUT2D eigenvalue weighted by Gasteiger charge is -2.08. The quantitative estimate of drug-likeness (QED) is 0.819. The first-order valence-electron chi connectivity index (χ1n) is 5.09. The topological polar surface area (TPSA) is 24.1 Å². The average Bonchev–Trinajstić information content (AvgIpc) is 2.32. The van der Waals surface area contributed by atoms with Crippen LogP contribution >= 0.6 is 0 Å². The van der Waals surface area contributed by atoms with Crippen molar-refractivity contribution in [3.8, 4) is 0 Å². The van der Waals surface area contributed by atoms with Gasteiger partial charge in [-0.25, -0.2) is 4.39 Å². The molecule has 0 spiro atoms. The molecule has 0 aliphatic rings. The lowest BCUT2D eigenvalue weighted by atomic mass is 10.2. The number of para-hydroxylation sites is 1. The Balaban J connectivity index is 2.24. The van der Waals surface area contributed by atoms with Crippen LogP contribution in [0.3, 0.4) is 0 Å². The molecule has 2 nitrogen and oxygen atoms in total. The molecule has 0 saturated carbocycles. The summed E-state index contributed by atoms with van der Waals surface area (Å²) < 4.78 is 13.4. The number of hydrogen-bond donors (Lipinski definition) is 2. The van der Waals surface area contributed by atoms with Crippen LogP contribution in [0, 0.1) is 5.82 Å². The van der Waals surface area contributed by atoms with Crippen LogP contribution in [0.15, 0.2) is 48.5 Å². The highest BCUT2D eigenvalue weighted by molar-refractivity contribution is 5.64. The summed E-state index contributed by atoms with van der Waals surface area (Å²) in [6.45, 7) is 0. The molecular weight excluding hydrogens is 203 g/mol. The number of nitrogens with one attached hydrogen (secondary N) is 2. The lowest BCUT2D eigenvalue weighted by Crippen LogP contribution is -1.94. The van der Waals surface area contributed by atoms with Gasteiger partial charge in [-0.1, -0.05) is 18.2 Å². The molecule has 0 aliphatic carbocycles. The van der Waals surface area contributed by atoms with Crippen LogP contribution in [0.2, 0.25) is 0 Å². The van der Waals surface area contributed by atoms with Crippen LogP contribution in [-0.2, 0) is 0 Å². The maximum Gasteiger partial charge on any atom is 0.146 e. The van der Waals surface area contributed by atoms with Crippen molar-refractivity contribution in [3.05, 3.63) is 54.3 Å². The minimum Gasteiger partial charge on any atom is -0.388 e. The molecule has 2 aromatic carbocycles. The van der Waals surface area contributed by atoms with Crippen molar-refractivity contribution in [3.63, 3.8) is 0 Å². The molecule has 0 atom stereocenters. The molecule has 0 heterocycles. The summed E-state index contributed by atoms with van der Waals surface area (Å²) in [6, 6.07) is 14.3. The van der Waals surface area contributed by atoms with E-state index in [2.05, 4.69) is 10.6 Å². The number of benzene rings is 2. The van der Waals surface area contributed by atoms with E-state index in [1.165, 1.54) is 6.07 Å². The summed E-state index contributed by atoms with van der Waals surface area (Å²) in [6.07, 6.45) is 0. The van der Waals surface area contributed by atoms with Crippen molar-refractivity contribution in [2.24, 2.45) is 0 Å². The smallest absolute Gasteiger partial charge is 0.146 e. The first kappa shape index (κ1) is 10.5. The molecule has 2 aromatic rings. The Labute approximate surface area is 94.1 Å². The molecule has 0 aliphatic heterocycles. The SMILES string of the molecule is CNc1cccc(Nc2ccccc2F)c1. The van der Waals surface area contributed by atoms with E-state index in [1.807, 2.05) is 31.3 Å². The molecule has 0 fully saturated rings. The van der Waals surface area contributed by atoms with E-state index in [-0.39, 0.29) is 5.82 Å². The number of anilines is 3. The van der Waals surface area contributed by atoms with E-state index < -0.39 is 0 Å². The molecular formula is C13H13FN2. The van der Waals surface area contributed by atoms with Gasteiger partial charge in [0, 0.05) is 18.4 Å². The summed E-state index contributed by atoms with van der Waals surface area (Å²) in [5, 5.41) is 6.07. The van der Waals surface area contributed by atoms with E-state index in [4.69, 9.17) is 0 Å². The van der Waals surface area contributed by atoms with E-state index >= 15 is 0 Å². The molecule has 0 saturated heterocycles. The van der Waals surface area contributed by atoms with E-state index in [9.17, 15) is 4.39 Å². The highest BCUT2D eigenvalue weighted by Gasteiger charge is 2.00. The molecule has 0 amide bonds. The first-order valence-corrected chi connectivity index (χ1v) is 5.09. The van der Waals surface area contributed by atoms with Gasteiger partial charge in [-0.2, -0.15) is 0 Å². The van der Waals surface area contributed by atoms with Gasteiger partial charge < -0.3 is 10.6 Å². The predicted molar refractivity (Wildman–Crippen MR) is 65.7 cm³/mol. The van der Waals surface area contributed by atoms with Crippen LogP contribution in [-0.4, -0.2) is 7.05 Å². The number of hydrogen-bond acceptors (Lipinski definition) is 2. The van der Waals surface area contributed by atoms with Gasteiger partial charge in [0.1, 0.15) is 5.82 Å². The fourth-order valence-corrected chi connectivity index (χ4v) is 1.47. The minimum absolute atomic E-state index is 0.252. The van der Waals surface area contributed by atoms with Crippen molar-refractivity contribution in [1.29, 1.82) is 0 Å². The highest BCUT2D eigenvalue weighted by atomic mass is 19.1. The van der Waals surface area contributed by atoms with Crippen molar-refractivity contribution in [1.82, 2.24) is 0 Å². The second-order valence-corrected chi connectivity index (χ2v) is 3.44. The standard InChI is InChI=1S/C13H13FN2/c1-15-10-5-4-6-11(9-10)16-13-8-3-2-7-12(13)14/h2-9,15-16H,1H3. The van der Waals surface area contributed by atoms with Gasteiger partial charge in [-0.3, -0.25) is 0 Å². The molecule has 0 unspecified atom stereocenters. The largest absolute Gasteiger partial charge is 0.388 e. The van der Waals surface area contributed by atoms with Crippen molar-refractivity contribution < 1.29 is 4.39 Å². The molecule has 3 heteroatoms. The monoisotopic (exact) mass is 216 g/mol. The van der Waals surface area contributed by atoms with Crippen molar-refractivity contribution >= 4 is 17.1 Å². The van der Waals surface area contributed by atoms with Crippen LogP contribution in [0.4, 0.5) is 21.5 Å². The Morgan fingerprint density at radius 3 is 2.44 bits per heavy atom. The Kier molecular flexibility index (Phi) is 3.05. The van der Waals surface area contributed by atoms with Gasteiger partial charge >= 0.3 is 0 Å². The van der Waals surface area contributed by atoms with Crippen LogP contribution in [0.1, 0.15) is 0 Å². The molecule has 16 heavy (non-hydrogen) atoms. The summed E-state index contributed by atoms with van der Waals surface area (Å²) in [5.41, 5.74) is 2.33. The third-order valence-corrected chi connectivity index (χ3v) is 2.30. The molecule has 82 valence electrons. The predicted octanol–water partition coefficient (Wildman–Crippen LogP) is 3.61. The van der Waals surface area contributed by atoms with Gasteiger partial charge in [0.2, 0.25) is 0 Å². The van der Waals surface area contributed by atoms with E-state index in [1.54, 1.807) is 18.2 Å². The Bertz CT molecular complexity index is 483. The van der Waals surface area contributed by atoms with Crippen LogP contribution in [0.25, 0.3) is 0 Å². The normalized spacial score (nSPS) is 9.88. The zero-order valence-corrected chi connectivity index (χ0v) is 9.00. The Morgan fingerprint density at radius 1 is 0.938 bits per heavy atom. The maximum atomic E-state index is 13.4. The summed E-state index contributed by atoms with van der Waals surface area (Å²) in [7, 11) is 1.85. The number of rotatable bonds is 3. The summed E-state index contributed by atoms with van der Waals surface area (Å²) >= 11 is 0. The third-order valence-electron chi connectivity index (χ3n) is 2.30. The molecule has 2 rings (SSSR count). The zero-order chi connectivity index (χ0) is 11.4. The van der Waals surface area contributed by atoms with Crippen LogP contribution in [0.5, 0.6) is 0 Å². The lowest BCUT2D eigenvalue weighted by molar-refractivity contribution is 0.632. The van der Waals surface area contributed by atoms with E-state index in [0.717, 1.165) is 11.4 Å². The first-order chi connectivity index (χ1) is 7.79. The van der Waals surface area contributed by atoms with Gasteiger partial charge in [-0.15, -0.1) is 0 Å². The second-order valence-electron chi connectivity index (χ2n) is 3.44. The summed E-state index contributed by atoms with van der Waals surface area (Å²) in [4.78, 5) is 0. The molecule has 2 N–H and O–H groups in total. The minimum atomic E-state index is -0.252. The van der Waals surface area contributed by atoms with Gasteiger partial charge in [-0.05, 0) is 30.3 Å². The van der Waals surface area contributed by atoms with E-state index in [0.29, 0.717) is 5.69 Å². The molecule has 0 bridgehead atoms. The molecule has 0 aromatic heterocycles. The fraction of sp³-hybridized carbons (Fsp3) is 0.0769. The number of halogens is 1.